The molecule has 0 spiro atoms. The summed E-state index contributed by atoms with van der Waals surface area (Å²) < 4.78 is 23.6. The Morgan fingerprint density at radius 1 is 1.17 bits per heavy atom. The minimum Gasteiger partial charge on any atom is -0.490 e. The van der Waals surface area contributed by atoms with Crippen LogP contribution in [0.3, 0.4) is 0 Å². The molecule has 1 unspecified atom stereocenters. The Labute approximate surface area is 140 Å². The second-order valence-corrected chi connectivity index (χ2v) is 5.31. The van der Waals surface area contributed by atoms with Gasteiger partial charge in [-0.05, 0) is 36.2 Å². The van der Waals surface area contributed by atoms with Crippen LogP contribution in [0.25, 0.3) is 0 Å². The second-order valence-electron chi connectivity index (χ2n) is 5.31. The van der Waals surface area contributed by atoms with E-state index >= 15 is 0 Å². The lowest BCUT2D eigenvalue weighted by Crippen LogP contribution is -2.09. The van der Waals surface area contributed by atoms with E-state index in [2.05, 4.69) is 0 Å². The molecule has 1 aliphatic heterocycles. The van der Waals surface area contributed by atoms with Gasteiger partial charge in [0, 0.05) is 6.42 Å². The molecular formula is C18H18ClFO3. The number of hydrogen-bond donors (Lipinski definition) is 0. The fourth-order valence-corrected chi connectivity index (χ4v) is 2.21. The summed E-state index contributed by atoms with van der Waals surface area (Å²) in [5, 5.41) is 0. The molecule has 0 aromatic heterocycles. The van der Waals surface area contributed by atoms with Crippen molar-refractivity contribution in [3.8, 4) is 5.75 Å². The van der Waals surface area contributed by atoms with Gasteiger partial charge in [0.15, 0.2) is 5.78 Å². The molecule has 2 aromatic carbocycles. The molecule has 3 nitrogen and oxygen atoms in total. The zero-order valence-corrected chi connectivity index (χ0v) is 13.4. The molecule has 0 saturated carbocycles. The summed E-state index contributed by atoms with van der Waals surface area (Å²) in [6, 6.07) is 13.5. The van der Waals surface area contributed by atoms with Gasteiger partial charge in [-0.15, -0.1) is 12.4 Å². The Morgan fingerprint density at radius 3 is 2.57 bits per heavy atom. The summed E-state index contributed by atoms with van der Waals surface area (Å²) in [6.07, 6.45) is 1.10. The van der Waals surface area contributed by atoms with Gasteiger partial charge in [0.05, 0.1) is 12.2 Å². The molecule has 1 fully saturated rings. The Kier molecular flexibility index (Phi) is 6.13. The number of rotatable bonds is 7. The number of carbonyl (C=O) groups excluding carboxylic acids is 1. The van der Waals surface area contributed by atoms with Crippen molar-refractivity contribution >= 4 is 18.2 Å². The van der Waals surface area contributed by atoms with Crippen LogP contribution in [0, 0.1) is 5.82 Å². The molecule has 0 radical (unpaired) electrons. The fourth-order valence-electron chi connectivity index (χ4n) is 2.21. The molecule has 0 aliphatic carbocycles. The molecule has 0 amide bonds. The number of epoxide rings is 1. The minimum absolute atomic E-state index is 0. The third kappa shape index (κ3) is 5.05. The van der Waals surface area contributed by atoms with Gasteiger partial charge < -0.3 is 9.47 Å². The maximum Gasteiger partial charge on any atom is 0.166 e. The summed E-state index contributed by atoms with van der Waals surface area (Å²) in [4.78, 5) is 12.4. The first-order valence-corrected chi connectivity index (χ1v) is 7.33. The number of para-hydroxylation sites is 1. The molecular weight excluding hydrogens is 319 g/mol. The quantitative estimate of drug-likeness (QED) is 0.569. The average Bonchev–Trinajstić information content (AvgIpc) is 3.37. The van der Waals surface area contributed by atoms with Crippen LogP contribution in [0.15, 0.2) is 48.5 Å². The van der Waals surface area contributed by atoms with Crippen molar-refractivity contribution in [2.24, 2.45) is 0 Å². The Bertz CT molecular complexity index is 654. The van der Waals surface area contributed by atoms with Gasteiger partial charge in [0.2, 0.25) is 0 Å². The Morgan fingerprint density at radius 2 is 1.87 bits per heavy atom. The minimum atomic E-state index is -0.267. The highest BCUT2D eigenvalue weighted by molar-refractivity contribution is 5.98. The number of carbonyl (C=O) groups is 1. The van der Waals surface area contributed by atoms with Crippen LogP contribution < -0.4 is 4.74 Å². The maximum absolute atomic E-state index is 12.9. The molecule has 1 heterocycles. The fraction of sp³-hybridized carbons (Fsp3) is 0.278. The van der Waals surface area contributed by atoms with E-state index in [0.717, 1.165) is 12.2 Å². The number of aryl methyl sites for hydroxylation is 1. The summed E-state index contributed by atoms with van der Waals surface area (Å²) in [6.45, 7) is 1.20. The van der Waals surface area contributed by atoms with E-state index in [9.17, 15) is 9.18 Å². The molecule has 0 N–H and O–H groups in total. The number of hydrogen-bond acceptors (Lipinski definition) is 3. The van der Waals surface area contributed by atoms with E-state index in [1.807, 2.05) is 12.1 Å². The predicted octanol–water partition coefficient (Wildman–Crippen LogP) is 3.84. The van der Waals surface area contributed by atoms with Gasteiger partial charge in [-0.25, -0.2) is 4.39 Å². The van der Waals surface area contributed by atoms with Crippen molar-refractivity contribution < 1.29 is 18.7 Å². The SMILES string of the molecule is Cl.O=C(CCc1ccc(F)cc1)c1ccccc1OCC1CO1. The van der Waals surface area contributed by atoms with Crippen molar-refractivity contribution in [3.63, 3.8) is 0 Å². The van der Waals surface area contributed by atoms with E-state index in [-0.39, 0.29) is 30.1 Å². The third-order valence-corrected chi connectivity index (χ3v) is 3.57. The van der Waals surface area contributed by atoms with Crippen LogP contribution in [-0.4, -0.2) is 25.1 Å². The molecule has 3 rings (SSSR count). The highest BCUT2D eigenvalue weighted by Gasteiger charge is 2.24. The Hall–Kier alpha value is -1.91. The van der Waals surface area contributed by atoms with E-state index in [1.165, 1.54) is 12.1 Å². The summed E-state index contributed by atoms with van der Waals surface area (Å²) in [5.41, 5.74) is 1.53. The zero-order valence-electron chi connectivity index (χ0n) is 12.5. The lowest BCUT2D eigenvalue weighted by Gasteiger charge is -2.09. The monoisotopic (exact) mass is 336 g/mol. The smallest absolute Gasteiger partial charge is 0.166 e. The van der Waals surface area contributed by atoms with Crippen molar-refractivity contribution in [2.45, 2.75) is 18.9 Å². The van der Waals surface area contributed by atoms with Crippen LogP contribution in [-0.2, 0) is 11.2 Å². The van der Waals surface area contributed by atoms with E-state index in [4.69, 9.17) is 9.47 Å². The van der Waals surface area contributed by atoms with Gasteiger partial charge in [-0.3, -0.25) is 4.79 Å². The number of benzene rings is 2. The van der Waals surface area contributed by atoms with Crippen LogP contribution in [0.5, 0.6) is 5.75 Å². The predicted molar refractivity (Wildman–Crippen MR) is 88.0 cm³/mol. The van der Waals surface area contributed by atoms with Gasteiger partial charge in [-0.2, -0.15) is 0 Å². The lowest BCUT2D eigenvalue weighted by molar-refractivity contribution is 0.0978. The molecule has 1 atom stereocenters. The standard InChI is InChI=1S/C18H17FO3.ClH/c19-14-8-5-13(6-9-14)7-10-17(20)16-3-1-2-4-18(16)22-12-15-11-21-15;/h1-6,8-9,15H,7,10-12H2;1H. The van der Waals surface area contributed by atoms with Crippen molar-refractivity contribution in [2.75, 3.05) is 13.2 Å². The highest BCUT2D eigenvalue weighted by atomic mass is 35.5. The van der Waals surface area contributed by atoms with Crippen LogP contribution in [0.1, 0.15) is 22.3 Å². The molecule has 23 heavy (non-hydrogen) atoms. The van der Waals surface area contributed by atoms with E-state index in [1.54, 1.807) is 24.3 Å². The lowest BCUT2D eigenvalue weighted by atomic mass is 10.0. The molecule has 122 valence electrons. The van der Waals surface area contributed by atoms with E-state index in [0.29, 0.717) is 30.8 Å². The van der Waals surface area contributed by atoms with E-state index < -0.39 is 0 Å². The molecule has 1 saturated heterocycles. The molecule has 2 aromatic rings. The topological polar surface area (TPSA) is 38.8 Å². The van der Waals surface area contributed by atoms with Crippen LogP contribution in [0.4, 0.5) is 4.39 Å². The van der Waals surface area contributed by atoms with Crippen molar-refractivity contribution in [3.05, 3.63) is 65.5 Å². The van der Waals surface area contributed by atoms with Gasteiger partial charge in [-0.1, -0.05) is 24.3 Å². The maximum atomic E-state index is 12.9. The average molecular weight is 337 g/mol. The summed E-state index contributed by atoms with van der Waals surface area (Å²) >= 11 is 0. The normalized spacial score (nSPS) is 15.6. The number of ether oxygens (including phenoxy) is 2. The number of ketones is 1. The first-order chi connectivity index (χ1) is 10.7. The molecule has 0 bridgehead atoms. The van der Waals surface area contributed by atoms with Gasteiger partial charge >= 0.3 is 0 Å². The number of halogens is 2. The molecule has 1 aliphatic rings. The first-order valence-electron chi connectivity index (χ1n) is 7.33. The van der Waals surface area contributed by atoms with Crippen molar-refractivity contribution in [1.29, 1.82) is 0 Å². The highest BCUT2D eigenvalue weighted by Crippen LogP contribution is 2.22. The summed E-state index contributed by atoms with van der Waals surface area (Å²) in [7, 11) is 0. The van der Waals surface area contributed by atoms with Crippen molar-refractivity contribution in [1.82, 2.24) is 0 Å². The third-order valence-electron chi connectivity index (χ3n) is 3.57. The molecule has 5 heteroatoms. The van der Waals surface area contributed by atoms with Gasteiger partial charge in [0.25, 0.3) is 0 Å². The first kappa shape index (κ1) is 17.4. The second kappa shape index (κ2) is 8.09. The zero-order chi connectivity index (χ0) is 15.4. The van der Waals surface area contributed by atoms with Gasteiger partial charge in [0.1, 0.15) is 24.3 Å². The number of Topliss-reactive ketones (excluding diaryl/α,β-unsaturated/α-hetero) is 1. The Balaban J connectivity index is 0.00000192. The largest absolute Gasteiger partial charge is 0.490 e. The van der Waals surface area contributed by atoms with Crippen LogP contribution >= 0.6 is 12.4 Å². The van der Waals surface area contributed by atoms with Crippen LogP contribution in [0.2, 0.25) is 0 Å². The summed E-state index contributed by atoms with van der Waals surface area (Å²) in [5.74, 6) is 0.356.